The van der Waals surface area contributed by atoms with E-state index in [-0.39, 0.29) is 18.0 Å². The number of nitrogens with one attached hydrogen (secondary N) is 1. The van der Waals surface area contributed by atoms with Gasteiger partial charge in [-0.25, -0.2) is 0 Å². The van der Waals surface area contributed by atoms with Gasteiger partial charge in [-0.15, -0.1) is 0 Å². The smallest absolute Gasteiger partial charge is 0.277 e. The van der Waals surface area contributed by atoms with Crippen molar-refractivity contribution < 1.29 is 10.1 Å². The van der Waals surface area contributed by atoms with Crippen LogP contribution < -0.4 is 10.6 Å². The van der Waals surface area contributed by atoms with Crippen LogP contribution in [0.1, 0.15) is 25.5 Å². The number of nitrogens with two attached hydrogens (primary N) is 1. The Morgan fingerprint density at radius 3 is 2.38 bits per heavy atom. The molecule has 1 rings (SSSR count). The summed E-state index contributed by atoms with van der Waals surface area (Å²) >= 11 is 5.82. The van der Waals surface area contributed by atoms with Crippen LogP contribution in [0.15, 0.2) is 24.3 Å². The average molecular weight is 242 g/mol. The predicted octanol–water partition coefficient (Wildman–Crippen LogP) is 1.10. The second kappa shape index (κ2) is 5.87. The largest absolute Gasteiger partial charge is 0.354 e. The van der Waals surface area contributed by atoms with Crippen molar-refractivity contribution in [3.05, 3.63) is 34.9 Å². The van der Waals surface area contributed by atoms with Crippen LogP contribution in [0.2, 0.25) is 5.02 Å². The van der Waals surface area contributed by atoms with E-state index < -0.39 is 0 Å². The van der Waals surface area contributed by atoms with Crippen molar-refractivity contribution in [1.29, 1.82) is 0 Å². The molecule has 0 spiro atoms. The van der Waals surface area contributed by atoms with Gasteiger partial charge in [-0.05, 0) is 26.0 Å². The van der Waals surface area contributed by atoms with Crippen LogP contribution in [-0.4, -0.2) is 19.0 Å². The molecule has 2 atom stereocenters. The van der Waals surface area contributed by atoms with Crippen LogP contribution in [0.5, 0.6) is 0 Å². The summed E-state index contributed by atoms with van der Waals surface area (Å²) < 4.78 is 0. The molecule has 0 aliphatic carbocycles. The van der Waals surface area contributed by atoms with Crippen LogP contribution in [0.3, 0.4) is 0 Å². The Morgan fingerprint density at radius 2 is 1.88 bits per heavy atom. The SMILES string of the molecule is CNC(=O)[C@@H](C)[NH2+][C@@H](C)c1ccc(Cl)cc1. The summed E-state index contributed by atoms with van der Waals surface area (Å²) in [7, 11) is 1.65. The number of carbonyl (C=O) groups is 1. The Balaban J connectivity index is 2.61. The third-order valence-corrected chi connectivity index (χ3v) is 2.89. The summed E-state index contributed by atoms with van der Waals surface area (Å²) in [4.78, 5) is 11.4. The van der Waals surface area contributed by atoms with Gasteiger partial charge in [0, 0.05) is 17.6 Å². The van der Waals surface area contributed by atoms with Crippen molar-refractivity contribution in [2.75, 3.05) is 7.05 Å². The molecule has 4 heteroatoms. The molecule has 3 N–H and O–H groups in total. The van der Waals surface area contributed by atoms with Crippen molar-refractivity contribution in [1.82, 2.24) is 5.32 Å². The number of amides is 1. The van der Waals surface area contributed by atoms with E-state index in [1.54, 1.807) is 7.05 Å². The first-order valence-electron chi connectivity index (χ1n) is 5.36. The van der Waals surface area contributed by atoms with Crippen LogP contribution in [0.25, 0.3) is 0 Å². The van der Waals surface area contributed by atoms with Gasteiger partial charge >= 0.3 is 0 Å². The molecule has 0 aromatic heterocycles. The topological polar surface area (TPSA) is 45.7 Å². The Hall–Kier alpha value is -1.06. The monoisotopic (exact) mass is 241 g/mol. The first kappa shape index (κ1) is 13.0. The Labute approximate surface area is 101 Å². The van der Waals surface area contributed by atoms with E-state index in [9.17, 15) is 4.79 Å². The molecular formula is C12H18ClN2O+. The molecule has 1 aromatic carbocycles. The third-order valence-electron chi connectivity index (χ3n) is 2.63. The van der Waals surface area contributed by atoms with E-state index in [0.29, 0.717) is 0 Å². The lowest BCUT2D eigenvalue weighted by atomic mass is 10.1. The first-order chi connectivity index (χ1) is 7.54. The standard InChI is InChI=1S/C12H17ClN2O/c1-8(15-9(2)12(16)14-3)10-4-6-11(13)7-5-10/h4-9,15H,1-3H3,(H,14,16)/p+1/t8-,9+/m0/s1. The Morgan fingerprint density at radius 1 is 1.31 bits per heavy atom. The molecule has 88 valence electrons. The predicted molar refractivity (Wildman–Crippen MR) is 65.3 cm³/mol. The van der Waals surface area contributed by atoms with E-state index in [1.165, 1.54) is 5.56 Å². The van der Waals surface area contributed by atoms with Gasteiger partial charge in [0.25, 0.3) is 5.91 Å². The second-order valence-electron chi connectivity index (χ2n) is 3.94. The van der Waals surface area contributed by atoms with Gasteiger partial charge in [-0.2, -0.15) is 0 Å². The zero-order valence-electron chi connectivity index (χ0n) is 9.83. The Bertz CT molecular complexity index is 351. The van der Waals surface area contributed by atoms with Gasteiger partial charge in [0.15, 0.2) is 6.04 Å². The van der Waals surface area contributed by atoms with Gasteiger partial charge in [-0.1, -0.05) is 23.7 Å². The zero-order chi connectivity index (χ0) is 12.1. The van der Waals surface area contributed by atoms with Gasteiger partial charge < -0.3 is 10.6 Å². The molecule has 16 heavy (non-hydrogen) atoms. The Kier molecular flexibility index (Phi) is 4.77. The number of carbonyl (C=O) groups excluding carboxylic acids is 1. The van der Waals surface area contributed by atoms with Crippen LogP contribution in [0, 0.1) is 0 Å². The summed E-state index contributed by atoms with van der Waals surface area (Å²) in [6.45, 7) is 3.97. The van der Waals surface area contributed by atoms with E-state index in [0.717, 1.165) is 5.02 Å². The van der Waals surface area contributed by atoms with Gasteiger partial charge in [0.05, 0.1) is 0 Å². The number of rotatable bonds is 4. The van der Waals surface area contributed by atoms with Crippen molar-refractivity contribution >= 4 is 17.5 Å². The lowest BCUT2D eigenvalue weighted by Crippen LogP contribution is -2.92. The third kappa shape index (κ3) is 3.51. The van der Waals surface area contributed by atoms with Crippen molar-refractivity contribution in [3.63, 3.8) is 0 Å². The first-order valence-corrected chi connectivity index (χ1v) is 5.74. The molecule has 1 aromatic rings. The zero-order valence-corrected chi connectivity index (χ0v) is 10.6. The normalized spacial score (nSPS) is 14.2. The number of benzene rings is 1. The van der Waals surface area contributed by atoms with Gasteiger partial charge in [-0.3, -0.25) is 4.79 Å². The maximum Gasteiger partial charge on any atom is 0.277 e. The number of quaternary nitrogens is 1. The highest BCUT2D eigenvalue weighted by atomic mass is 35.5. The minimum Gasteiger partial charge on any atom is -0.354 e. The summed E-state index contributed by atoms with van der Waals surface area (Å²) in [6.07, 6.45) is 0. The molecule has 3 nitrogen and oxygen atoms in total. The van der Waals surface area contributed by atoms with Gasteiger partial charge in [0.1, 0.15) is 6.04 Å². The van der Waals surface area contributed by atoms with Crippen LogP contribution in [-0.2, 0) is 4.79 Å². The highest BCUT2D eigenvalue weighted by Gasteiger charge is 2.18. The number of likely N-dealkylation sites (N-methyl/N-ethyl adjacent to an activating group) is 1. The van der Waals surface area contributed by atoms with Crippen molar-refractivity contribution in [2.45, 2.75) is 25.9 Å². The van der Waals surface area contributed by atoms with E-state index in [1.807, 2.05) is 36.5 Å². The van der Waals surface area contributed by atoms with E-state index >= 15 is 0 Å². The fraction of sp³-hybridized carbons (Fsp3) is 0.417. The van der Waals surface area contributed by atoms with Crippen LogP contribution in [0.4, 0.5) is 0 Å². The lowest BCUT2D eigenvalue weighted by Gasteiger charge is -2.15. The van der Waals surface area contributed by atoms with Crippen LogP contribution >= 0.6 is 11.6 Å². The van der Waals surface area contributed by atoms with Crippen molar-refractivity contribution in [3.8, 4) is 0 Å². The fourth-order valence-electron chi connectivity index (χ4n) is 1.63. The van der Waals surface area contributed by atoms with Gasteiger partial charge in [0.2, 0.25) is 0 Å². The highest BCUT2D eigenvalue weighted by Crippen LogP contribution is 2.13. The molecule has 0 fully saturated rings. The fourth-order valence-corrected chi connectivity index (χ4v) is 1.75. The van der Waals surface area contributed by atoms with Crippen molar-refractivity contribution in [2.24, 2.45) is 0 Å². The molecule has 0 saturated heterocycles. The number of halogens is 1. The maximum absolute atomic E-state index is 11.4. The molecule has 0 aliphatic rings. The molecule has 1 amide bonds. The molecular weight excluding hydrogens is 224 g/mol. The quantitative estimate of drug-likeness (QED) is 0.815. The number of hydrogen-bond donors (Lipinski definition) is 2. The van der Waals surface area contributed by atoms with E-state index in [4.69, 9.17) is 11.6 Å². The lowest BCUT2D eigenvalue weighted by molar-refractivity contribution is -0.710. The molecule has 0 bridgehead atoms. The highest BCUT2D eigenvalue weighted by molar-refractivity contribution is 6.30. The maximum atomic E-state index is 11.4. The summed E-state index contributed by atoms with van der Waals surface area (Å²) in [5.74, 6) is 0.0424. The molecule has 0 heterocycles. The minimum atomic E-state index is -0.0873. The van der Waals surface area contributed by atoms with E-state index in [2.05, 4.69) is 12.2 Å². The second-order valence-corrected chi connectivity index (χ2v) is 4.37. The summed E-state index contributed by atoms with van der Waals surface area (Å²) in [6, 6.07) is 7.86. The summed E-state index contributed by atoms with van der Waals surface area (Å²) in [5.41, 5.74) is 1.17. The molecule has 0 radical (unpaired) electrons. The minimum absolute atomic E-state index is 0.0424. The average Bonchev–Trinajstić information content (AvgIpc) is 2.28. The molecule has 0 saturated carbocycles. The molecule has 0 aliphatic heterocycles. The number of hydrogen-bond acceptors (Lipinski definition) is 1. The summed E-state index contributed by atoms with van der Waals surface area (Å²) in [5, 5.41) is 5.40. The molecule has 0 unspecified atom stereocenters.